The Hall–Kier alpha value is -1.75. The van der Waals surface area contributed by atoms with Gasteiger partial charge in [0.25, 0.3) is 5.91 Å². The molecule has 4 nitrogen and oxygen atoms in total. The Morgan fingerprint density at radius 3 is 2.72 bits per heavy atom. The van der Waals surface area contributed by atoms with Gasteiger partial charge in [-0.2, -0.15) is 0 Å². The van der Waals surface area contributed by atoms with Crippen LogP contribution in [0.15, 0.2) is 45.5 Å². The molecule has 2 rings (SSSR count). The molecule has 0 saturated heterocycles. The van der Waals surface area contributed by atoms with Crippen LogP contribution in [0.25, 0.3) is 0 Å². The summed E-state index contributed by atoms with van der Waals surface area (Å²) in [5, 5.41) is 9.45. The summed E-state index contributed by atoms with van der Waals surface area (Å²) in [6.45, 7) is 2.35. The Morgan fingerprint density at radius 1 is 1.39 bits per heavy atom. The molecule has 1 aromatic heterocycles. The predicted molar refractivity (Wildman–Crippen MR) is 71.9 cm³/mol. The first kappa shape index (κ1) is 12.7. The van der Waals surface area contributed by atoms with Crippen LogP contribution in [0, 0.1) is 0 Å². The molecule has 0 atom stereocenters. The van der Waals surface area contributed by atoms with Gasteiger partial charge in [0.2, 0.25) is 0 Å². The number of benzene rings is 1. The number of furan rings is 1. The van der Waals surface area contributed by atoms with E-state index < -0.39 is 0 Å². The van der Waals surface area contributed by atoms with Crippen molar-refractivity contribution in [3.8, 4) is 5.75 Å². The molecule has 0 unspecified atom stereocenters. The van der Waals surface area contributed by atoms with Crippen LogP contribution in [0.5, 0.6) is 5.75 Å². The third kappa shape index (κ3) is 2.56. The van der Waals surface area contributed by atoms with Crippen molar-refractivity contribution in [3.63, 3.8) is 0 Å². The van der Waals surface area contributed by atoms with Crippen LogP contribution in [0.3, 0.4) is 0 Å². The zero-order chi connectivity index (χ0) is 13.1. The molecule has 0 fully saturated rings. The van der Waals surface area contributed by atoms with E-state index in [2.05, 4.69) is 15.9 Å². The molecule has 1 amide bonds. The monoisotopic (exact) mass is 309 g/mol. The van der Waals surface area contributed by atoms with E-state index in [4.69, 9.17) is 4.42 Å². The van der Waals surface area contributed by atoms with Gasteiger partial charge in [0.05, 0.1) is 0 Å². The first-order valence-electron chi connectivity index (χ1n) is 5.48. The Bertz CT molecular complexity index is 565. The smallest absolute Gasteiger partial charge is 0.294 e. The van der Waals surface area contributed by atoms with Gasteiger partial charge < -0.3 is 14.4 Å². The zero-order valence-electron chi connectivity index (χ0n) is 9.76. The average molecular weight is 310 g/mol. The van der Waals surface area contributed by atoms with Crippen LogP contribution in [-0.2, 0) is 0 Å². The maximum atomic E-state index is 12.2. The second-order valence-corrected chi connectivity index (χ2v) is 4.45. The van der Waals surface area contributed by atoms with Crippen molar-refractivity contribution < 1.29 is 14.3 Å². The molecule has 0 aliphatic heterocycles. The van der Waals surface area contributed by atoms with Crippen molar-refractivity contribution in [2.24, 2.45) is 0 Å². The minimum absolute atomic E-state index is 0.124. The fourth-order valence-electron chi connectivity index (χ4n) is 1.67. The molecule has 5 heteroatoms. The summed E-state index contributed by atoms with van der Waals surface area (Å²) in [5.41, 5.74) is 0.634. The molecular weight excluding hydrogens is 298 g/mol. The minimum atomic E-state index is -0.242. The predicted octanol–water partition coefficient (Wildman–Crippen LogP) is 3.41. The average Bonchev–Trinajstić information content (AvgIpc) is 2.77. The summed E-state index contributed by atoms with van der Waals surface area (Å²) < 4.78 is 5.75. The van der Waals surface area contributed by atoms with Crippen molar-refractivity contribution in [1.82, 2.24) is 0 Å². The second-order valence-electron chi connectivity index (χ2n) is 3.67. The van der Waals surface area contributed by atoms with Gasteiger partial charge in [-0.05, 0) is 47.1 Å². The fourth-order valence-corrected chi connectivity index (χ4v) is 1.97. The van der Waals surface area contributed by atoms with Crippen molar-refractivity contribution in [2.75, 3.05) is 11.4 Å². The van der Waals surface area contributed by atoms with Crippen LogP contribution in [0.4, 0.5) is 5.69 Å². The number of hydrogen-bond acceptors (Lipinski definition) is 3. The number of anilines is 1. The maximum Gasteiger partial charge on any atom is 0.294 e. The Labute approximate surface area is 113 Å². The van der Waals surface area contributed by atoms with E-state index in [0.717, 1.165) is 0 Å². The molecule has 0 aliphatic rings. The summed E-state index contributed by atoms with van der Waals surface area (Å²) in [5.74, 6) is 0.139. The first-order valence-corrected chi connectivity index (χ1v) is 6.27. The number of carbonyl (C=O) groups is 1. The van der Waals surface area contributed by atoms with E-state index >= 15 is 0 Å². The molecule has 0 aliphatic carbocycles. The number of hydrogen-bond donors (Lipinski definition) is 1. The lowest BCUT2D eigenvalue weighted by atomic mass is 10.2. The lowest BCUT2D eigenvalue weighted by molar-refractivity contribution is 0.0960. The van der Waals surface area contributed by atoms with Crippen molar-refractivity contribution >= 4 is 27.5 Å². The Balaban J connectivity index is 2.31. The number of carbonyl (C=O) groups excluding carboxylic acids is 1. The van der Waals surface area contributed by atoms with Crippen LogP contribution >= 0.6 is 15.9 Å². The third-order valence-corrected chi connectivity index (χ3v) is 2.91. The van der Waals surface area contributed by atoms with Gasteiger partial charge in [0.15, 0.2) is 10.4 Å². The molecule has 1 aromatic carbocycles. The minimum Gasteiger partial charge on any atom is -0.508 e. The SMILES string of the molecule is CCN(C(=O)c1ccc(Br)o1)c1cccc(O)c1. The van der Waals surface area contributed by atoms with E-state index in [0.29, 0.717) is 16.9 Å². The number of rotatable bonds is 3. The van der Waals surface area contributed by atoms with Gasteiger partial charge in [-0.3, -0.25) is 4.79 Å². The molecular formula is C13H12BrNO3. The highest BCUT2D eigenvalue weighted by molar-refractivity contribution is 9.10. The topological polar surface area (TPSA) is 53.7 Å². The van der Waals surface area contributed by atoms with Crippen molar-refractivity contribution in [3.05, 3.63) is 46.8 Å². The van der Waals surface area contributed by atoms with Gasteiger partial charge >= 0.3 is 0 Å². The van der Waals surface area contributed by atoms with Gasteiger partial charge in [-0.1, -0.05) is 6.07 Å². The number of halogens is 1. The summed E-state index contributed by atoms with van der Waals surface area (Å²) in [4.78, 5) is 13.8. The highest BCUT2D eigenvalue weighted by Crippen LogP contribution is 2.23. The number of phenols is 1. The zero-order valence-corrected chi connectivity index (χ0v) is 11.3. The Kier molecular flexibility index (Phi) is 3.72. The van der Waals surface area contributed by atoms with E-state index in [1.165, 1.54) is 4.90 Å². The third-order valence-electron chi connectivity index (χ3n) is 2.49. The van der Waals surface area contributed by atoms with E-state index in [9.17, 15) is 9.90 Å². The van der Waals surface area contributed by atoms with Crippen molar-refractivity contribution in [2.45, 2.75) is 6.92 Å². The standard InChI is InChI=1S/C13H12BrNO3/c1-2-15(9-4-3-5-10(16)8-9)13(17)11-6-7-12(14)18-11/h3-8,16H,2H2,1H3. The van der Waals surface area contributed by atoms with Gasteiger partial charge in [-0.25, -0.2) is 0 Å². The number of phenolic OH excluding ortho intramolecular Hbond substituents is 1. The fraction of sp³-hybridized carbons (Fsp3) is 0.154. The summed E-state index contributed by atoms with van der Waals surface area (Å²) in [7, 11) is 0. The first-order chi connectivity index (χ1) is 8.61. The molecule has 0 bridgehead atoms. The second kappa shape index (κ2) is 5.27. The van der Waals surface area contributed by atoms with Gasteiger partial charge in [0.1, 0.15) is 5.75 Å². The normalized spacial score (nSPS) is 10.3. The summed E-state index contributed by atoms with van der Waals surface area (Å²) >= 11 is 3.16. The largest absolute Gasteiger partial charge is 0.508 e. The maximum absolute atomic E-state index is 12.2. The van der Waals surface area contributed by atoms with E-state index in [1.807, 2.05) is 6.92 Å². The number of nitrogens with zero attached hydrogens (tertiary/aromatic N) is 1. The van der Waals surface area contributed by atoms with E-state index in [1.54, 1.807) is 36.4 Å². The summed E-state index contributed by atoms with van der Waals surface area (Å²) in [6.07, 6.45) is 0. The van der Waals surface area contributed by atoms with Crippen LogP contribution < -0.4 is 4.90 Å². The number of amides is 1. The quantitative estimate of drug-likeness (QED) is 0.945. The van der Waals surface area contributed by atoms with Gasteiger partial charge in [0, 0.05) is 18.3 Å². The number of aromatic hydroxyl groups is 1. The van der Waals surface area contributed by atoms with Gasteiger partial charge in [-0.15, -0.1) is 0 Å². The summed E-state index contributed by atoms with van der Waals surface area (Å²) in [6, 6.07) is 9.84. The molecule has 18 heavy (non-hydrogen) atoms. The highest BCUT2D eigenvalue weighted by Gasteiger charge is 2.19. The molecule has 0 radical (unpaired) electrons. The van der Waals surface area contributed by atoms with E-state index in [-0.39, 0.29) is 17.4 Å². The van der Waals surface area contributed by atoms with Crippen molar-refractivity contribution in [1.29, 1.82) is 0 Å². The molecule has 0 saturated carbocycles. The molecule has 2 aromatic rings. The van der Waals surface area contributed by atoms with Crippen LogP contribution in [0.1, 0.15) is 17.5 Å². The van der Waals surface area contributed by atoms with Crippen LogP contribution in [0.2, 0.25) is 0 Å². The molecule has 0 spiro atoms. The van der Waals surface area contributed by atoms with Crippen LogP contribution in [-0.4, -0.2) is 17.6 Å². The lowest BCUT2D eigenvalue weighted by Gasteiger charge is -2.19. The molecule has 94 valence electrons. The highest BCUT2D eigenvalue weighted by atomic mass is 79.9. The molecule has 1 N–H and O–H groups in total. The molecule has 1 heterocycles. The lowest BCUT2D eigenvalue weighted by Crippen LogP contribution is -2.30. The Morgan fingerprint density at radius 2 is 2.17 bits per heavy atom.